The van der Waals surface area contributed by atoms with Gasteiger partial charge in [-0.15, -0.1) is 0 Å². The zero-order valence-corrected chi connectivity index (χ0v) is 7.81. The third kappa shape index (κ3) is 1.50. The number of aryl methyl sites for hydroxylation is 2. The van der Waals surface area contributed by atoms with E-state index < -0.39 is 0 Å². The third-order valence-electron chi connectivity index (χ3n) is 1.94. The Bertz CT molecular complexity index is 301. The number of rotatable bonds is 1. The molecule has 0 fully saturated rings. The maximum atomic E-state index is 9.27. The van der Waals surface area contributed by atoms with Gasteiger partial charge in [-0.05, 0) is 49.6 Å². The van der Waals surface area contributed by atoms with E-state index in [9.17, 15) is 5.11 Å². The average molecular weight is 162 g/mol. The van der Waals surface area contributed by atoms with Crippen molar-refractivity contribution in [3.63, 3.8) is 0 Å². The highest BCUT2D eigenvalue weighted by Gasteiger charge is 2.04. The van der Waals surface area contributed by atoms with Gasteiger partial charge in [-0.1, -0.05) is 12.2 Å². The van der Waals surface area contributed by atoms with E-state index in [1.54, 1.807) is 12.1 Å². The summed E-state index contributed by atoms with van der Waals surface area (Å²) in [5, 5.41) is 9.27. The molecule has 0 amide bonds. The van der Waals surface area contributed by atoms with Crippen LogP contribution in [0.4, 0.5) is 0 Å². The van der Waals surface area contributed by atoms with Gasteiger partial charge in [0.2, 0.25) is 0 Å². The monoisotopic (exact) mass is 162 g/mol. The summed E-state index contributed by atoms with van der Waals surface area (Å²) < 4.78 is 0. The van der Waals surface area contributed by atoms with Crippen molar-refractivity contribution in [1.82, 2.24) is 0 Å². The number of hydrogen-bond acceptors (Lipinski definition) is 1. The molecule has 0 aliphatic rings. The summed E-state index contributed by atoms with van der Waals surface area (Å²) in [7, 11) is 0. The van der Waals surface area contributed by atoms with Crippen LogP contribution in [0.1, 0.15) is 23.6 Å². The Morgan fingerprint density at radius 1 is 1.25 bits per heavy atom. The normalized spacial score (nSPS) is 9.92. The first-order valence-electron chi connectivity index (χ1n) is 3.98. The lowest BCUT2D eigenvalue weighted by molar-refractivity contribution is 0.474. The number of hydrogen-bond donors (Lipinski definition) is 1. The maximum absolute atomic E-state index is 9.27. The van der Waals surface area contributed by atoms with E-state index in [2.05, 4.69) is 6.58 Å². The predicted molar refractivity (Wildman–Crippen MR) is 52.3 cm³/mol. The molecule has 0 saturated heterocycles. The van der Waals surface area contributed by atoms with Crippen molar-refractivity contribution >= 4 is 5.57 Å². The van der Waals surface area contributed by atoms with Crippen LogP contribution in [0.15, 0.2) is 18.7 Å². The molecule has 1 heteroatoms. The molecular weight excluding hydrogens is 148 g/mol. The van der Waals surface area contributed by atoms with E-state index in [1.165, 1.54) is 0 Å². The van der Waals surface area contributed by atoms with Crippen LogP contribution in [-0.4, -0.2) is 5.11 Å². The molecule has 12 heavy (non-hydrogen) atoms. The summed E-state index contributed by atoms with van der Waals surface area (Å²) in [5.74, 6) is 0.329. The van der Waals surface area contributed by atoms with Crippen LogP contribution in [0.2, 0.25) is 0 Å². The molecule has 64 valence electrons. The smallest absolute Gasteiger partial charge is 0.116 e. The third-order valence-corrected chi connectivity index (χ3v) is 1.94. The van der Waals surface area contributed by atoms with Gasteiger partial charge in [-0.3, -0.25) is 0 Å². The lowest BCUT2D eigenvalue weighted by Gasteiger charge is -2.09. The number of aromatic hydroxyl groups is 1. The van der Waals surface area contributed by atoms with Crippen LogP contribution in [0.5, 0.6) is 5.75 Å². The van der Waals surface area contributed by atoms with Gasteiger partial charge in [0.05, 0.1) is 0 Å². The highest BCUT2D eigenvalue weighted by molar-refractivity contribution is 5.68. The van der Waals surface area contributed by atoms with Crippen molar-refractivity contribution in [3.05, 3.63) is 35.4 Å². The maximum Gasteiger partial charge on any atom is 0.116 e. The Morgan fingerprint density at radius 3 is 2.00 bits per heavy atom. The van der Waals surface area contributed by atoms with Crippen LogP contribution in [0, 0.1) is 13.8 Å². The van der Waals surface area contributed by atoms with Crippen molar-refractivity contribution in [2.75, 3.05) is 0 Å². The first-order valence-corrected chi connectivity index (χ1v) is 3.98. The van der Waals surface area contributed by atoms with Crippen LogP contribution in [0.3, 0.4) is 0 Å². The summed E-state index contributed by atoms with van der Waals surface area (Å²) in [6.07, 6.45) is 0. The Kier molecular flexibility index (Phi) is 2.22. The highest BCUT2D eigenvalue weighted by atomic mass is 16.3. The molecule has 0 radical (unpaired) electrons. The molecular formula is C11H14O. The van der Waals surface area contributed by atoms with E-state index in [4.69, 9.17) is 0 Å². The fourth-order valence-electron chi connectivity index (χ4n) is 1.61. The van der Waals surface area contributed by atoms with Crippen LogP contribution in [0.25, 0.3) is 5.57 Å². The van der Waals surface area contributed by atoms with Gasteiger partial charge in [0.1, 0.15) is 5.75 Å². The number of phenols is 1. The predicted octanol–water partition coefficient (Wildman–Crippen LogP) is 3.04. The van der Waals surface area contributed by atoms with Crippen molar-refractivity contribution in [3.8, 4) is 5.75 Å². The Labute approximate surface area is 73.4 Å². The second-order valence-electron chi connectivity index (χ2n) is 3.23. The van der Waals surface area contributed by atoms with Gasteiger partial charge < -0.3 is 5.11 Å². The molecule has 0 aliphatic carbocycles. The molecule has 0 saturated carbocycles. The largest absolute Gasteiger partial charge is 0.508 e. The average Bonchev–Trinajstić information content (AvgIpc) is 1.82. The van der Waals surface area contributed by atoms with Crippen LogP contribution in [-0.2, 0) is 0 Å². The Morgan fingerprint density at radius 2 is 1.67 bits per heavy atom. The minimum Gasteiger partial charge on any atom is -0.508 e. The topological polar surface area (TPSA) is 20.2 Å². The molecule has 1 rings (SSSR count). The molecule has 0 spiro atoms. The molecule has 1 N–H and O–H groups in total. The summed E-state index contributed by atoms with van der Waals surface area (Å²) in [6, 6.07) is 3.52. The lowest BCUT2D eigenvalue weighted by atomic mass is 9.97. The van der Waals surface area contributed by atoms with Crippen molar-refractivity contribution < 1.29 is 5.11 Å². The molecule has 1 aromatic rings. The molecule has 0 bridgehead atoms. The first kappa shape index (κ1) is 8.85. The summed E-state index contributed by atoms with van der Waals surface area (Å²) in [4.78, 5) is 0. The van der Waals surface area contributed by atoms with Gasteiger partial charge in [0, 0.05) is 0 Å². The van der Waals surface area contributed by atoms with Crippen LogP contribution < -0.4 is 0 Å². The van der Waals surface area contributed by atoms with Crippen molar-refractivity contribution in [2.24, 2.45) is 0 Å². The second kappa shape index (κ2) is 3.02. The Balaban J connectivity index is 3.38. The second-order valence-corrected chi connectivity index (χ2v) is 3.23. The molecule has 1 nitrogen and oxygen atoms in total. The van der Waals surface area contributed by atoms with Crippen molar-refractivity contribution in [1.29, 1.82) is 0 Å². The highest BCUT2D eigenvalue weighted by Crippen LogP contribution is 2.25. The van der Waals surface area contributed by atoms with E-state index in [0.717, 1.165) is 22.3 Å². The number of phenolic OH excluding ortho intramolecular Hbond substituents is 1. The lowest BCUT2D eigenvalue weighted by Crippen LogP contribution is -1.89. The van der Waals surface area contributed by atoms with E-state index in [-0.39, 0.29) is 0 Å². The zero-order chi connectivity index (χ0) is 9.30. The molecule has 0 atom stereocenters. The van der Waals surface area contributed by atoms with Gasteiger partial charge >= 0.3 is 0 Å². The fraction of sp³-hybridized carbons (Fsp3) is 0.273. The van der Waals surface area contributed by atoms with Gasteiger partial charge in [-0.2, -0.15) is 0 Å². The molecule has 1 aromatic carbocycles. The van der Waals surface area contributed by atoms with Crippen LogP contribution >= 0.6 is 0 Å². The molecule has 0 aliphatic heterocycles. The Hall–Kier alpha value is -1.24. The van der Waals surface area contributed by atoms with Gasteiger partial charge in [-0.25, -0.2) is 0 Å². The zero-order valence-electron chi connectivity index (χ0n) is 7.81. The van der Waals surface area contributed by atoms with E-state index in [0.29, 0.717) is 5.75 Å². The van der Waals surface area contributed by atoms with Crippen molar-refractivity contribution in [2.45, 2.75) is 20.8 Å². The van der Waals surface area contributed by atoms with E-state index in [1.807, 2.05) is 20.8 Å². The minimum absolute atomic E-state index is 0.329. The first-order chi connectivity index (χ1) is 5.52. The standard InChI is InChI=1S/C11H14O/c1-7(2)11-8(3)5-10(12)6-9(11)4/h5-6,12H,1H2,2-4H3. The number of benzene rings is 1. The molecule has 0 unspecified atom stereocenters. The quantitative estimate of drug-likeness (QED) is 0.673. The summed E-state index contributed by atoms with van der Waals surface area (Å²) >= 11 is 0. The molecule has 0 aromatic heterocycles. The minimum atomic E-state index is 0.329. The fourth-order valence-corrected chi connectivity index (χ4v) is 1.61. The summed E-state index contributed by atoms with van der Waals surface area (Å²) in [5.41, 5.74) is 4.37. The summed E-state index contributed by atoms with van der Waals surface area (Å²) in [6.45, 7) is 9.84. The van der Waals surface area contributed by atoms with Gasteiger partial charge in [0.15, 0.2) is 0 Å². The van der Waals surface area contributed by atoms with E-state index >= 15 is 0 Å². The number of allylic oxidation sites excluding steroid dienone is 1. The molecule has 0 heterocycles. The SMILES string of the molecule is C=C(C)c1c(C)cc(O)cc1C. The van der Waals surface area contributed by atoms with Gasteiger partial charge in [0.25, 0.3) is 0 Å².